The first-order valence-electron chi connectivity index (χ1n) is 7.44. The second kappa shape index (κ2) is 5.48. The van der Waals surface area contributed by atoms with Crippen LogP contribution in [0.25, 0.3) is 6.08 Å². The summed E-state index contributed by atoms with van der Waals surface area (Å²) in [5, 5.41) is 3.55. The highest BCUT2D eigenvalue weighted by Gasteiger charge is 2.37. The molecule has 2 heterocycles. The Hall–Kier alpha value is -1.12. The van der Waals surface area contributed by atoms with E-state index in [1.54, 1.807) is 0 Å². The molecule has 0 radical (unpaired) electrons. The molecule has 1 N–H and O–H groups in total. The van der Waals surface area contributed by atoms with Gasteiger partial charge in [-0.2, -0.15) is 0 Å². The minimum atomic E-state index is 0.564. The maximum absolute atomic E-state index is 3.85. The fourth-order valence-corrected chi connectivity index (χ4v) is 3.67. The van der Waals surface area contributed by atoms with Gasteiger partial charge < -0.3 is 5.32 Å². The van der Waals surface area contributed by atoms with Gasteiger partial charge in [-0.1, -0.05) is 36.9 Å². The fraction of sp³-hybridized carbons (Fsp3) is 0.529. The fourth-order valence-electron chi connectivity index (χ4n) is 3.67. The predicted octanol–water partition coefficient (Wildman–Crippen LogP) is 2.91. The third-order valence-corrected chi connectivity index (χ3v) is 4.67. The van der Waals surface area contributed by atoms with Gasteiger partial charge in [0.15, 0.2) is 0 Å². The standard InChI is InChI=1S/C17H24N2/c1-2-15-5-3-6-16(11-15)12-19-10-4-7-17(14-19)8-9-18-13-17/h2-3,5-6,11,18H,1,4,7-10,12-14H2/t17-/m1/s1. The minimum Gasteiger partial charge on any atom is -0.316 e. The third kappa shape index (κ3) is 2.90. The average molecular weight is 256 g/mol. The molecule has 0 saturated carbocycles. The molecule has 0 unspecified atom stereocenters. The Morgan fingerprint density at radius 2 is 2.32 bits per heavy atom. The maximum Gasteiger partial charge on any atom is 0.0234 e. The molecule has 102 valence electrons. The topological polar surface area (TPSA) is 15.3 Å². The maximum atomic E-state index is 3.85. The molecule has 0 amide bonds. The molecule has 2 aliphatic rings. The van der Waals surface area contributed by atoms with Crippen LogP contribution in [-0.2, 0) is 6.54 Å². The molecule has 0 aromatic heterocycles. The number of hydrogen-bond donors (Lipinski definition) is 1. The van der Waals surface area contributed by atoms with Crippen molar-refractivity contribution >= 4 is 6.08 Å². The quantitative estimate of drug-likeness (QED) is 0.894. The largest absolute Gasteiger partial charge is 0.316 e. The van der Waals surface area contributed by atoms with Crippen LogP contribution in [-0.4, -0.2) is 31.1 Å². The van der Waals surface area contributed by atoms with E-state index in [9.17, 15) is 0 Å². The molecule has 1 aromatic carbocycles. The number of rotatable bonds is 3. The summed E-state index contributed by atoms with van der Waals surface area (Å²) >= 11 is 0. The molecule has 3 rings (SSSR count). The summed E-state index contributed by atoms with van der Waals surface area (Å²) < 4.78 is 0. The number of likely N-dealkylation sites (tertiary alicyclic amines) is 1. The summed E-state index contributed by atoms with van der Waals surface area (Å²) in [4.78, 5) is 2.64. The van der Waals surface area contributed by atoms with Crippen LogP contribution in [0.15, 0.2) is 30.8 Å². The van der Waals surface area contributed by atoms with Crippen LogP contribution < -0.4 is 5.32 Å². The number of piperidine rings is 1. The van der Waals surface area contributed by atoms with Gasteiger partial charge in [0, 0.05) is 19.6 Å². The molecule has 1 spiro atoms. The molecule has 2 saturated heterocycles. The van der Waals surface area contributed by atoms with Gasteiger partial charge >= 0.3 is 0 Å². The summed E-state index contributed by atoms with van der Waals surface area (Å²) in [6, 6.07) is 8.76. The molecule has 2 nitrogen and oxygen atoms in total. The van der Waals surface area contributed by atoms with Crippen LogP contribution >= 0.6 is 0 Å². The zero-order valence-electron chi connectivity index (χ0n) is 11.7. The molecule has 0 bridgehead atoms. The van der Waals surface area contributed by atoms with Crippen LogP contribution in [0.5, 0.6) is 0 Å². The van der Waals surface area contributed by atoms with Gasteiger partial charge in [0.2, 0.25) is 0 Å². The van der Waals surface area contributed by atoms with Crippen molar-refractivity contribution in [1.82, 2.24) is 10.2 Å². The molecule has 1 aromatic rings. The Morgan fingerprint density at radius 1 is 1.37 bits per heavy atom. The van der Waals surface area contributed by atoms with Gasteiger partial charge in [0.1, 0.15) is 0 Å². The van der Waals surface area contributed by atoms with Crippen molar-refractivity contribution in [1.29, 1.82) is 0 Å². The molecule has 2 aliphatic heterocycles. The summed E-state index contributed by atoms with van der Waals surface area (Å²) in [6.45, 7) is 9.88. The van der Waals surface area contributed by atoms with Crippen molar-refractivity contribution in [3.8, 4) is 0 Å². The molecule has 19 heavy (non-hydrogen) atoms. The van der Waals surface area contributed by atoms with Crippen LogP contribution in [0.3, 0.4) is 0 Å². The third-order valence-electron chi connectivity index (χ3n) is 4.67. The van der Waals surface area contributed by atoms with E-state index in [1.807, 2.05) is 6.08 Å². The van der Waals surface area contributed by atoms with E-state index in [0.29, 0.717) is 5.41 Å². The number of nitrogens with zero attached hydrogens (tertiary/aromatic N) is 1. The van der Waals surface area contributed by atoms with Crippen molar-refractivity contribution in [3.63, 3.8) is 0 Å². The lowest BCUT2D eigenvalue weighted by molar-refractivity contribution is 0.0978. The van der Waals surface area contributed by atoms with Crippen LogP contribution in [0.1, 0.15) is 30.4 Å². The van der Waals surface area contributed by atoms with Gasteiger partial charge in [0.25, 0.3) is 0 Å². The van der Waals surface area contributed by atoms with Crippen molar-refractivity contribution in [2.75, 3.05) is 26.2 Å². The van der Waals surface area contributed by atoms with Crippen LogP contribution in [0, 0.1) is 5.41 Å². The first-order chi connectivity index (χ1) is 9.30. The summed E-state index contributed by atoms with van der Waals surface area (Å²) in [5.74, 6) is 0. The SMILES string of the molecule is C=Cc1cccc(CN2CCC[C@]3(CCNC3)C2)c1. The van der Waals surface area contributed by atoms with Crippen LogP contribution in [0.2, 0.25) is 0 Å². The highest BCUT2D eigenvalue weighted by molar-refractivity contribution is 5.47. The Balaban J connectivity index is 1.67. The summed E-state index contributed by atoms with van der Waals surface area (Å²) in [7, 11) is 0. The van der Waals surface area contributed by atoms with Crippen molar-refractivity contribution < 1.29 is 0 Å². The normalized spacial score (nSPS) is 27.8. The molecule has 0 aliphatic carbocycles. The first kappa shape index (κ1) is 12.9. The monoisotopic (exact) mass is 256 g/mol. The highest BCUT2D eigenvalue weighted by Crippen LogP contribution is 2.35. The predicted molar refractivity (Wildman–Crippen MR) is 81.0 cm³/mol. The molecule has 2 heteroatoms. The highest BCUT2D eigenvalue weighted by atomic mass is 15.1. The molecule has 1 atom stereocenters. The lowest BCUT2D eigenvalue weighted by atomic mass is 9.79. The van der Waals surface area contributed by atoms with E-state index in [-0.39, 0.29) is 0 Å². The Labute approximate surface area is 116 Å². The Kier molecular flexibility index (Phi) is 3.72. The molecular weight excluding hydrogens is 232 g/mol. The van der Waals surface area contributed by atoms with E-state index in [2.05, 4.69) is 41.1 Å². The molecular formula is C17H24N2. The van der Waals surface area contributed by atoms with Crippen molar-refractivity contribution in [2.24, 2.45) is 5.41 Å². The van der Waals surface area contributed by atoms with Crippen molar-refractivity contribution in [2.45, 2.75) is 25.8 Å². The number of benzene rings is 1. The second-order valence-corrected chi connectivity index (χ2v) is 6.19. The van der Waals surface area contributed by atoms with E-state index < -0.39 is 0 Å². The van der Waals surface area contributed by atoms with E-state index in [4.69, 9.17) is 0 Å². The van der Waals surface area contributed by atoms with Gasteiger partial charge in [0.05, 0.1) is 0 Å². The zero-order valence-corrected chi connectivity index (χ0v) is 11.7. The summed E-state index contributed by atoms with van der Waals surface area (Å²) in [6.07, 6.45) is 6.05. The second-order valence-electron chi connectivity index (χ2n) is 6.19. The number of nitrogens with one attached hydrogen (secondary N) is 1. The van der Waals surface area contributed by atoms with E-state index >= 15 is 0 Å². The zero-order chi connectivity index (χ0) is 13.1. The van der Waals surface area contributed by atoms with Gasteiger partial charge in [-0.05, 0) is 48.9 Å². The lowest BCUT2D eigenvalue weighted by Crippen LogP contribution is -2.43. The first-order valence-corrected chi connectivity index (χ1v) is 7.44. The lowest BCUT2D eigenvalue weighted by Gasteiger charge is -2.40. The molecule has 2 fully saturated rings. The van der Waals surface area contributed by atoms with E-state index in [0.717, 1.165) is 6.54 Å². The van der Waals surface area contributed by atoms with Crippen LogP contribution in [0.4, 0.5) is 0 Å². The number of hydrogen-bond acceptors (Lipinski definition) is 2. The smallest absolute Gasteiger partial charge is 0.0234 e. The van der Waals surface area contributed by atoms with Crippen molar-refractivity contribution in [3.05, 3.63) is 42.0 Å². The van der Waals surface area contributed by atoms with E-state index in [1.165, 1.54) is 56.6 Å². The summed E-state index contributed by atoms with van der Waals surface area (Å²) in [5.41, 5.74) is 3.21. The van der Waals surface area contributed by atoms with Gasteiger partial charge in [-0.15, -0.1) is 0 Å². The van der Waals surface area contributed by atoms with Gasteiger partial charge in [-0.25, -0.2) is 0 Å². The minimum absolute atomic E-state index is 0.564. The van der Waals surface area contributed by atoms with Gasteiger partial charge in [-0.3, -0.25) is 4.90 Å². The Morgan fingerprint density at radius 3 is 3.11 bits per heavy atom. The average Bonchev–Trinajstić information content (AvgIpc) is 2.87. The Bertz CT molecular complexity index is 446.